The van der Waals surface area contributed by atoms with Crippen LogP contribution in [0.2, 0.25) is 10.6 Å². The van der Waals surface area contributed by atoms with E-state index in [2.05, 4.69) is 63.3 Å². The van der Waals surface area contributed by atoms with Crippen molar-refractivity contribution in [2.45, 2.75) is 69.9 Å². The molecule has 0 radical (unpaired) electrons. The Morgan fingerprint density at radius 2 is 2.10 bits per heavy atom. The van der Waals surface area contributed by atoms with E-state index in [9.17, 15) is 0 Å². The van der Waals surface area contributed by atoms with Crippen molar-refractivity contribution in [1.29, 1.82) is 0 Å². The van der Waals surface area contributed by atoms with Gasteiger partial charge < -0.3 is 0 Å². The predicted molar refractivity (Wildman–Crippen MR) is 98.7 cm³/mol. The van der Waals surface area contributed by atoms with E-state index in [1.807, 2.05) is 0 Å². The van der Waals surface area contributed by atoms with Gasteiger partial charge in [0.1, 0.15) is 0 Å². The zero-order valence-corrected chi connectivity index (χ0v) is 15.6. The van der Waals surface area contributed by atoms with Crippen molar-refractivity contribution in [3.05, 3.63) is 48.1 Å². The van der Waals surface area contributed by atoms with Crippen LogP contribution >= 0.6 is 0 Å². The summed E-state index contributed by atoms with van der Waals surface area (Å²) in [6.45, 7) is 7.04. The number of hydrogen-bond acceptors (Lipinski definition) is 0. The summed E-state index contributed by atoms with van der Waals surface area (Å²) >= 11 is 0. The number of rotatable bonds is 8. The van der Waals surface area contributed by atoms with Gasteiger partial charge in [0.25, 0.3) is 0 Å². The molecule has 0 fully saturated rings. The quantitative estimate of drug-likeness (QED) is 0.396. The average Bonchev–Trinajstić information content (AvgIpc) is 2.95. The van der Waals surface area contributed by atoms with E-state index < -0.39 is 0 Å². The van der Waals surface area contributed by atoms with E-state index in [1.165, 1.54) is 38.5 Å². The fourth-order valence-electron chi connectivity index (χ4n) is 3.80. The summed E-state index contributed by atoms with van der Waals surface area (Å²) in [7, 11) is -0.186. The van der Waals surface area contributed by atoms with E-state index in [4.69, 9.17) is 0 Å². The molecule has 0 nitrogen and oxygen atoms in total. The molecule has 116 valence electrons. The van der Waals surface area contributed by atoms with Crippen LogP contribution in [-0.4, -0.2) is 9.52 Å². The van der Waals surface area contributed by atoms with E-state index in [0.717, 1.165) is 11.5 Å². The molecule has 3 unspecified atom stereocenters. The smallest absolute Gasteiger partial charge is 0.0451 e. The standard InChI is InChI=1S/C20H32Si/c1-4-6-8-14-20(15-9-7-10-16-20)21-19-13-11-12-18(19)17(3)5-2/h7,9-13,15,17,19H,4-6,8,14,16,21H2,1-3H3. The Hall–Kier alpha value is -0.823. The Labute approximate surface area is 133 Å². The minimum atomic E-state index is -0.186. The Kier molecular flexibility index (Phi) is 6.29. The summed E-state index contributed by atoms with van der Waals surface area (Å²) in [6, 6.07) is 0. The first kappa shape index (κ1) is 16.5. The molecule has 0 amide bonds. The summed E-state index contributed by atoms with van der Waals surface area (Å²) in [5.41, 5.74) is 2.53. The second-order valence-corrected chi connectivity index (χ2v) is 9.68. The summed E-state index contributed by atoms with van der Waals surface area (Å²) in [5.74, 6) is 0.758. The molecule has 0 bridgehead atoms. The molecule has 21 heavy (non-hydrogen) atoms. The molecule has 0 aromatic carbocycles. The zero-order valence-electron chi connectivity index (χ0n) is 14.1. The molecule has 1 heteroatoms. The van der Waals surface area contributed by atoms with Crippen LogP contribution in [0, 0.1) is 5.92 Å². The molecule has 0 spiro atoms. The largest absolute Gasteiger partial charge is 0.0840 e. The lowest BCUT2D eigenvalue weighted by molar-refractivity contribution is 0.549. The van der Waals surface area contributed by atoms with Crippen molar-refractivity contribution >= 4 is 9.52 Å². The molecule has 0 aliphatic heterocycles. The van der Waals surface area contributed by atoms with Gasteiger partial charge in [-0.1, -0.05) is 88.1 Å². The first-order valence-electron chi connectivity index (χ1n) is 8.93. The molecule has 0 aromatic rings. The van der Waals surface area contributed by atoms with Gasteiger partial charge in [-0.3, -0.25) is 0 Å². The van der Waals surface area contributed by atoms with Crippen LogP contribution in [-0.2, 0) is 0 Å². The highest BCUT2D eigenvalue weighted by Crippen LogP contribution is 2.46. The first-order valence-corrected chi connectivity index (χ1v) is 10.5. The lowest BCUT2D eigenvalue weighted by atomic mass is 9.93. The maximum atomic E-state index is 2.56. The highest BCUT2D eigenvalue weighted by Gasteiger charge is 2.32. The van der Waals surface area contributed by atoms with Crippen LogP contribution in [0.4, 0.5) is 0 Å². The lowest BCUT2D eigenvalue weighted by Gasteiger charge is -2.35. The van der Waals surface area contributed by atoms with Gasteiger partial charge in [-0.25, -0.2) is 0 Å². The third kappa shape index (κ3) is 4.32. The molecule has 3 atom stereocenters. The van der Waals surface area contributed by atoms with Crippen molar-refractivity contribution < 1.29 is 0 Å². The maximum Gasteiger partial charge on any atom is 0.0451 e. The van der Waals surface area contributed by atoms with E-state index in [0.29, 0.717) is 5.04 Å². The van der Waals surface area contributed by atoms with Crippen molar-refractivity contribution in [2.24, 2.45) is 5.92 Å². The minimum absolute atomic E-state index is 0.186. The average molecular weight is 301 g/mol. The minimum Gasteiger partial charge on any atom is -0.0840 e. The summed E-state index contributed by atoms with van der Waals surface area (Å²) in [4.78, 5) is 0. The van der Waals surface area contributed by atoms with Crippen LogP contribution in [0.5, 0.6) is 0 Å². The molecule has 0 saturated carbocycles. The Morgan fingerprint density at radius 1 is 1.24 bits per heavy atom. The Balaban J connectivity index is 2.05. The van der Waals surface area contributed by atoms with Gasteiger partial charge >= 0.3 is 0 Å². The molecule has 0 saturated heterocycles. The van der Waals surface area contributed by atoms with Gasteiger partial charge in [0.2, 0.25) is 0 Å². The lowest BCUT2D eigenvalue weighted by Crippen LogP contribution is -2.24. The van der Waals surface area contributed by atoms with Gasteiger partial charge in [0.15, 0.2) is 0 Å². The van der Waals surface area contributed by atoms with Crippen molar-refractivity contribution in [2.75, 3.05) is 0 Å². The molecule has 0 N–H and O–H groups in total. The molecule has 2 aliphatic carbocycles. The van der Waals surface area contributed by atoms with Crippen LogP contribution < -0.4 is 0 Å². The van der Waals surface area contributed by atoms with Gasteiger partial charge in [0, 0.05) is 9.52 Å². The molecular weight excluding hydrogens is 268 g/mol. The number of allylic oxidation sites excluding steroid dienone is 8. The van der Waals surface area contributed by atoms with Crippen LogP contribution in [0.3, 0.4) is 0 Å². The fraction of sp³-hybridized carbons (Fsp3) is 0.600. The summed E-state index contributed by atoms with van der Waals surface area (Å²) in [6.07, 6.45) is 24.9. The van der Waals surface area contributed by atoms with Gasteiger partial charge in [0.05, 0.1) is 0 Å². The summed E-state index contributed by atoms with van der Waals surface area (Å²) < 4.78 is 0. The molecule has 0 aromatic heterocycles. The van der Waals surface area contributed by atoms with Gasteiger partial charge in [-0.05, 0) is 35.8 Å². The number of unbranched alkanes of at least 4 members (excludes halogenated alkanes) is 2. The third-order valence-electron chi connectivity index (χ3n) is 5.37. The molecule has 0 heterocycles. The Bertz CT molecular complexity index is 441. The van der Waals surface area contributed by atoms with Crippen LogP contribution in [0.15, 0.2) is 48.1 Å². The highest BCUT2D eigenvalue weighted by atomic mass is 28.2. The van der Waals surface area contributed by atoms with Crippen molar-refractivity contribution in [3.8, 4) is 0 Å². The first-order chi connectivity index (χ1) is 10.2. The topological polar surface area (TPSA) is 0 Å². The van der Waals surface area contributed by atoms with Gasteiger partial charge in [-0.2, -0.15) is 0 Å². The van der Waals surface area contributed by atoms with Gasteiger partial charge in [-0.15, -0.1) is 0 Å². The van der Waals surface area contributed by atoms with Crippen LogP contribution in [0.25, 0.3) is 0 Å². The van der Waals surface area contributed by atoms with Crippen molar-refractivity contribution in [3.63, 3.8) is 0 Å². The normalized spacial score (nSPS) is 29.5. The SMILES string of the molecule is CCCCCC1([SiH2]C2C=CC=C2C(C)CC)C=CC=CC1. The third-order valence-corrected chi connectivity index (χ3v) is 8.24. The van der Waals surface area contributed by atoms with E-state index >= 15 is 0 Å². The predicted octanol–water partition coefficient (Wildman–Crippen LogP) is 5.74. The molecule has 2 rings (SSSR count). The van der Waals surface area contributed by atoms with Crippen LogP contribution in [0.1, 0.15) is 59.3 Å². The highest BCUT2D eigenvalue weighted by molar-refractivity contribution is 6.45. The zero-order chi connectivity index (χ0) is 15.1. The number of hydrogen-bond donors (Lipinski definition) is 0. The second-order valence-electron chi connectivity index (χ2n) is 6.98. The molecule has 2 aliphatic rings. The van der Waals surface area contributed by atoms with E-state index in [-0.39, 0.29) is 9.52 Å². The van der Waals surface area contributed by atoms with Crippen molar-refractivity contribution in [1.82, 2.24) is 0 Å². The molecular formula is C20H32Si. The second kappa shape index (κ2) is 7.98. The fourth-order valence-corrected chi connectivity index (χ4v) is 6.80. The Morgan fingerprint density at radius 3 is 2.76 bits per heavy atom. The monoisotopic (exact) mass is 300 g/mol. The summed E-state index contributed by atoms with van der Waals surface area (Å²) in [5, 5.41) is 0.538. The maximum absolute atomic E-state index is 2.56. The van der Waals surface area contributed by atoms with E-state index in [1.54, 1.807) is 5.57 Å².